The van der Waals surface area contributed by atoms with E-state index < -0.39 is 0 Å². The van der Waals surface area contributed by atoms with E-state index in [1.807, 2.05) is 12.3 Å². The van der Waals surface area contributed by atoms with Gasteiger partial charge in [-0.2, -0.15) is 0 Å². The van der Waals surface area contributed by atoms with Gasteiger partial charge in [-0.3, -0.25) is 4.98 Å². The molecule has 2 heteroatoms. The van der Waals surface area contributed by atoms with Gasteiger partial charge in [-0.25, -0.2) is 0 Å². The number of nitrogens with one attached hydrogen (secondary N) is 1. The van der Waals surface area contributed by atoms with Crippen LogP contribution in [-0.4, -0.2) is 11.5 Å². The SMILES string of the molecule is CCCNC(Cc1cc(C)ccc1C)c1ncccc1C. The Balaban J connectivity index is 2.28. The fraction of sp³-hybridized carbons (Fsp3) is 0.421. The third kappa shape index (κ3) is 4.15. The van der Waals surface area contributed by atoms with Gasteiger partial charge in [-0.1, -0.05) is 36.8 Å². The van der Waals surface area contributed by atoms with Crippen LogP contribution in [0.2, 0.25) is 0 Å². The highest BCUT2D eigenvalue weighted by atomic mass is 14.9. The lowest BCUT2D eigenvalue weighted by molar-refractivity contribution is 0.514. The molecule has 2 nitrogen and oxygen atoms in total. The molecule has 0 radical (unpaired) electrons. The fourth-order valence-corrected chi connectivity index (χ4v) is 2.69. The maximum atomic E-state index is 4.62. The van der Waals surface area contributed by atoms with Gasteiger partial charge in [0.15, 0.2) is 0 Å². The summed E-state index contributed by atoms with van der Waals surface area (Å²) in [5.74, 6) is 0. The van der Waals surface area contributed by atoms with E-state index in [4.69, 9.17) is 0 Å². The molecule has 0 saturated carbocycles. The first-order chi connectivity index (χ1) is 10.1. The predicted octanol–water partition coefficient (Wildman–Crippen LogP) is 4.29. The maximum Gasteiger partial charge on any atom is 0.0605 e. The Morgan fingerprint density at radius 2 is 1.90 bits per heavy atom. The number of hydrogen-bond acceptors (Lipinski definition) is 2. The van der Waals surface area contributed by atoms with Crippen LogP contribution in [0, 0.1) is 20.8 Å². The van der Waals surface area contributed by atoms with Gasteiger partial charge in [0, 0.05) is 6.20 Å². The highest BCUT2D eigenvalue weighted by molar-refractivity contribution is 5.33. The minimum absolute atomic E-state index is 0.284. The van der Waals surface area contributed by atoms with Crippen LogP contribution in [0.3, 0.4) is 0 Å². The molecular weight excluding hydrogens is 256 g/mol. The second-order valence-electron chi connectivity index (χ2n) is 5.85. The number of aromatic nitrogens is 1. The first-order valence-corrected chi connectivity index (χ1v) is 7.82. The molecule has 0 fully saturated rings. The Morgan fingerprint density at radius 1 is 1.10 bits per heavy atom. The normalized spacial score (nSPS) is 12.4. The number of hydrogen-bond donors (Lipinski definition) is 1. The Morgan fingerprint density at radius 3 is 2.62 bits per heavy atom. The highest BCUT2D eigenvalue weighted by Crippen LogP contribution is 2.22. The molecule has 1 aromatic heterocycles. The summed E-state index contributed by atoms with van der Waals surface area (Å²) in [6.45, 7) is 9.71. The van der Waals surface area contributed by atoms with E-state index in [2.05, 4.69) is 62.3 Å². The molecule has 1 atom stereocenters. The van der Waals surface area contributed by atoms with E-state index in [0.29, 0.717) is 0 Å². The summed E-state index contributed by atoms with van der Waals surface area (Å²) in [6.07, 6.45) is 4.02. The molecule has 0 saturated heterocycles. The standard InChI is InChI=1S/C19H26N2/c1-5-10-20-18(19-16(4)7-6-11-21-19)13-17-12-14(2)8-9-15(17)3/h6-9,11-12,18,20H,5,10,13H2,1-4H3. The van der Waals surface area contributed by atoms with Crippen molar-refractivity contribution < 1.29 is 0 Å². The van der Waals surface area contributed by atoms with Gasteiger partial charge in [0.25, 0.3) is 0 Å². The minimum Gasteiger partial charge on any atom is -0.308 e. The zero-order chi connectivity index (χ0) is 15.2. The zero-order valence-electron chi connectivity index (χ0n) is 13.6. The summed E-state index contributed by atoms with van der Waals surface area (Å²) in [5, 5.41) is 3.66. The molecule has 21 heavy (non-hydrogen) atoms. The summed E-state index contributed by atoms with van der Waals surface area (Å²) < 4.78 is 0. The zero-order valence-corrected chi connectivity index (χ0v) is 13.6. The number of pyridine rings is 1. The topological polar surface area (TPSA) is 24.9 Å². The van der Waals surface area contributed by atoms with Crippen LogP contribution in [0.4, 0.5) is 0 Å². The molecule has 0 bridgehead atoms. The van der Waals surface area contributed by atoms with Crippen LogP contribution in [0.25, 0.3) is 0 Å². The smallest absolute Gasteiger partial charge is 0.0605 e. The molecule has 0 spiro atoms. The Kier molecular flexibility index (Phi) is 5.51. The van der Waals surface area contributed by atoms with Crippen LogP contribution in [0.5, 0.6) is 0 Å². The van der Waals surface area contributed by atoms with Crippen LogP contribution >= 0.6 is 0 Å². The summed E-state index contributed by atoms with van der Waals surface area (Å²) >= 11 is 0. The van der Waals surface area contributed by atoms with Crippen LogP contribution < -0.4 is 5.32 Å². The first kappa shape index (κ1) is 15.7. The number of rotatable bonds is 6. The Bertz CT molecular complexity index is 590. The van der Waals surface area contributed by atoms with Crippen molar-refractivity contribution in [1.82, 2.24) is 10.3 Å². The first-order valence-electron chi connectivity index (χ1n) is 7.82. The quantitative estimate of drug-likeness (QED) is 0.855. The summed E-state index contributed by atoms with van der Waals surface area (Å²) in [5.41, 5.74) is 6.52. The lowest BCUT2D eigenvalue weighted by Crippen LogP contribution is -2.26. The van der Waals surface area contributed by atoms with Crippen LogP contribution in [-0.2, 0) is 6.42 Å². The second-order valence-corrected chi connectivity index (χ2v) is 5.85. The molecule has 1 aromatic carbocycles. The van der Waals surface area contributed by atoms with Gasteiger partial charge >= 0.3 is 0 Å². The molecule has 1 unspecified atom stereocenters. The van der Waals surface area contributed by atoms with Crippen molar-refractivity contribution in [2.75, 3.05) is 6.54 Å². The van der Waals surface area contributed by atoms with Crippen LogP contribution in [0.1, 0.15) is 47.3 Å². The minimum atomic E-state index is 0.284. The molecule has 2 rings (SSSR count). The lowest BCUT2D eigenvalue weighted by Gasteiger charge is -2.21. The molecule has 0 aliphatic rings. The largest absolute Gasteiger partial charge is 0.308 e. The molecule has 1 N–H and O–H groups in total. The number of nitrogens with zero attached hydrogens (tertiary/aromatic N) is 1. The van der Waals surface area contributed by atoms with Gasteiger partial charge in [-0.15, -0.1) is 0 Å². The Hall–Kier alpha value is -1.67. The van der Waals surface area contributed by atoms with Crippen molar-refractivity contribution >= 4 is 0 Å². The molecule has 0 aliphatic carbocycles. The van der Waals surface area contributed by atoms with E-state index in [0.717, 1.165) is 19.4 Å². The summed E-state index contributed by atoms with van der Waals surface area (Å²) in [6, 6.07) is 11.1. The summed E-state index contributed by atoms with van der Waals surface area (Å²) in [7, 11) is 0. The maximum absolute atomic E-state index is 4.62. The van der Waals surface area contributed by atoms with Gasteiger partial charge in [-0.05, 0) is 62.9 Å². The average Bonchev–Trinajstić information content (AvgIpc) is 2.48. The van der Waals surface area contributed by atoms with Crippen molar-refractivity contribution in [3.05, 3.63) is 64.5 Å². The average molecular weight is 282 g/mol. The molecule has 0 aliphatic heterocycles. The lowest BCUT2D eigenvalue weighted by atomic mass is 9.95. The van der Waals surface area contributed by atoms with E-state index in [-0.39, 0.29) is 6.04 Å². The van der Waals surface area contributed by atoms with E-state index in [1.54, 1.807) is 0 Å². The second kappa shape index (κ2) is 7.37. The van der Waals surface area contributed by atoms with E-state index >= 15 is 0 Å². The highest BCUT2D eigenvalue weighted by Gasteiger charge is 2.16. The van der Waals surface area contributed by atoms with Gasteiger partial charge in [0.1, 0.15) is 0 Å². The van der Waals surface area contributed by atoms with E-state index in [9.17, 15) is 0 Å². The number of aryl methyl sites for hydroxylation is 3. The molecule has 112 valence electrons. The third-order valence-electron chi connectivity index (χ3n) is 3.95. The predicted molar refractivity (Wildman–Crippen MR) is 89.6 cm³/mol. The van der Waals surface area contributed by atoms with Crippen LogP contribution in [0.15, 0.2) is 36.5 Å². The van der Waals surface area contributed by atoms with Gasteiger partial charge in [0.05, 0.1) is 11.7 Å². The van der Waals surface area contributed by atoms with Crippen molar-refractivity contribution in [2.24, 2.45) is 0 Å². The summed E-state index contributed by atoms with van der Waals surface area (Å²) in [4.78, 5) is 4.62. The monoisotopic (exact) mass is 282 g/mol. The molecule has 2 aromatic rings. The fourth-order valence-electron chi connectivity index (χ4n) is 2.69. The van der Waals surface area contributed by atoms with E-state index in [1.165, 1.54) is 27.9 Å². The van der Waals surface area contributed by atoms with Crippen molar-refractivity contribution in [3.63, 3.8) is 0 Å². The molecular formula is C19H26N2. The van der Waals surface area contributed by atoms with Crippen molar-refractivity contribution in [2.45, 2.75) is 46.6 Å². The molecule has 1 heterocycles. The number of benzene rings is 1. The van der Waals surface area contributed by atoms with Crippen molar-refractivity contribution in [1.29, 1.82) is 0 Å². The van der Waals surface area contributed by atoms with Gasteiger partial charge in [0.2, 0.25) is 0 Å². The Labute approximate surface area is 128 Å². The van der Waals surface area contributed by atoms with Gasteiger partial charge < -0.3 is 5.32 Å². The van der Waals surface area contributed by atoms with Crippen molar-refractivity contribution in [3.8, 4) is 0 Å². The third-order valence-corrected chi connectivity index (χ3v) is 3.95. The molecule has 0 amide bonds.